The number of sulfonamides is 1. The van der Waals surface area contributed by atoms with Gasteiger partial charge in [0.2, 0.25) is 22.7 Å². The molecule has 0 radical (unpaired) electrons. The first-order chi connectivity index (χ1) is 13.8. The molecule has 0 bridgehead atoms. The minimum absolute atomic E-state index is 0.0555. The number of amides is 1. The van der Waals surface area contributed by atoms with Gasteiger partial charge in [-0.05, 0) is 43.3 Å². The summed E-state index contributed by atoms with van der Waals surface area (Å²) in [5.41, 5.74) is 1.05. The first-order valence-corrected chi connectivity index (χ1v) is 10.6. The first kappa shape index (κ1) is 20.5. The predicted molar refractivity (Wildman–Crippen MR) is 106 cm³/mol. The summed E-state index contributed by atoms with van der Waals surface area (Å²) in [5.74, 6) is -0.0899. The molecule has 0 atom stereocenters. The van der Waals surface area contributed by atoms with Crippen molar-refractivity contribution in [2.45, 2.75) is 6.92 Å². The number of benzene rings is 2. The zero-order valence-corrected chi connectivity index (χ0v) is 16.7. The van der Waals surface area contributed by atoms with E-state index in [0.29, 0.717) is 22.7 Å². The smallest absolute Gasteiger partial charge is 0.338 e. The molecule has 0 fully saturated rings. The molecule has 0 saturated carbocycles. The van der Waals surface area contributed by atoms with Gasteiger partial charge in [-0.25, -0.2) is 13.2 Å². The molecule has 1 heterocycles. The Morgan fingerprint density at radius 1 is 1.10 bits per heavy atom. The second-order valence-electron chi connectivity index (χ2n) is 6.15. The molecule has 9 nitrogen and oxygen atoms in total. The first-order valence-electron chi connectivity index (χ1n) is 8.72. The van der Waals surface area contributed by atoms with Gasteiger partial charge in [-0.3, -0.25) is 9.10 Å². The molecule has 1 N–H and O–H groups in total. The van der Waals surface area contributed by atoms with E-state index in [0.717, 1.165) is 10.6 Å². The van der Waals surface area contributed by atoms with Crippen molar-refractivity contribution in [1.82, 2.24) is 0 Å². The van der Waals surface area contributed by atoms with Crippen LogP contribution in [0.5, 0.6) is 11.5 Å². The van der Waals surface area contributed by atoms with E-state index in [9.17, 15) is 18.0 Å². The van der Waals surface area contributed by atoms with Gasteiger partial charge < -0.3 is 19.5 Å². The summed E-state index contributed by atoms with van der Waals surface area (Å²) in [7, 11) is -3.73. The standard InChI is InChI=1S/C19H20N2O7S/c1-3-26-19(23)13-4-6-14(7-5-13)20-18(22)11-21(29(2,24)25)15-8-9-16-17(10-15)28-12-27-16/h4-10H,3,11-12H2,1-2H3,(H,20,22). The second-order valence-corrected chi connectivity index (χ2v) is 8.06. The highest BCUT2D eigenvalue weighted by Crippen LogP contribution is 2.36. The Hall–Kier alpha value is -3.27. The maximum Gasteiger partial charge on any atom is 0.338 e. The number of ether oxygens (including phenoxy) is 3. The van der Waals surface area contributed by atoms with Crippen molar-refractivity contribution >= 4 is 33.3 Å². The quantitative estimate of drug-likeness (QED) is 0.682. The summed E-state index contributed by atoms with van der Waals surface area (Å²) in [5, 5.41) is 2.61. The molecule has 154 valence electrons. The van der Waals surface area contributed by atoms with Crippen LogP contribution >= 0.6 is 0 Å². The molecule has 10 heteroatoms. The van der Waals surface area contributed by atoms with Crippen molar-refractivity contribution in [3.63, 3.8) is 0 Å². The van der Waals surface area contributed by atoms with Gasteiger partial charge in [0, 0.05) is 11.8 Å². The van der Waals surface area contributed by atoms with Gasteiger partial charge in [0.15, 0.2) is 11.5 Å². The van der Waals surface area contributed by atoms with Crippen LogP contribution in [0.1, 0.15) is 17.3 Å². The number of nitrogens with zero attached hydrogens (tertiary/aromatic N) is 1. The number of esters is 1. The number of carbonyl (C=O) groups is 2. The van der Waals surface area contributed by atoms with E-state index in [1.165, 1.54) is 36.4 Å². The normalized spacial score (nSPS) is 12.3. The average Bonchev–Trinajstić information content (AvgIpc) is 3.13. The van der Waals surface area contributed by atoms with Crippen LogP contribution in [0.15, 0.2) is 42.5 Å². The summed E-state index contributed by atoms with van der Waals surface area (Å²) < 4.78 is 40.8. The van der Waals surface area contributed by atoms with E-state index in [1.807, 2.05) is 0 Å². The largest absolute Gasteiger partial charge is 0.462 e. The highest BCUT2D eigenvalue weighted by Gasteiger charge is 2.24. The molecule has 1 amide bonds. The molecule has 0 saturated heterocycles. The highest BCUT2D eigenvalue weighted by atomic mass is 32.2. The van der Waals surface area contributed by atoms with E-state index < -0.39 is 28.4 Å². The molecule has 0 aromatic heterocycles. The van der Waals surface area contributed by atoms with Crippen LogP contribution in [0.25, 0.3) is 0 Å². The fourth-order valence-electron chi connectivity index (χ4n) is 2.68. The molecule has 0 spiro atoms. The second kappa shape index (κ2) is 8.39. The van der Waals surface area contributed by atoms with Crippen molar-refractivity contribution in [1.29, 1.82) is 0 Å². The Balaban J connectivity index is 1.72. The number of rotatable bonds is 7. The molecular weight excluding hydrogens is 400 g/mol. The number of hydrogen-bond donors (Lipinski definition) is 1. The lowest BCUT2D eigenvalue weighted by atomic mass is 10.2. The zero-order valence-electron chi connectivity index (χ0n) is 15.9. The Kier molecular flexibility index (Phi) is 5.92. The molecular formula is C19H20N2O7S. The predicted octanol–water partition coefficient (Wildman–Crippen LogP) is 2.00. The third-order valence-corrected chi connectivity index (χ3v) is 5.15. The van der Waals surface area contributed by atoms with Gasteiger partial charge in [-0.2, -0.15) is 0 Å². The monoisotopic (exact) mass is 420 g/mol. The fraction of sp³-hybridized carbons (Fsp3) is 0.263. The summed E-state index contributed by atoms with van der Waals surface area (Å²) in [4.78, 5) is 24.1. The molecule has 0 unspecified atom stereocenters. The van der Waals surface area contributed by atoms with E-state index in [1.54, 1.807) is 13.0 Å². The number of anilines is 2. The van der Waals surface area contributed by atoms with Gasteiger partial charge >= 0.3 is 5.97 Å². The van der Waals surface area contributed by atoms with Gasteiger partial charge in [0.1, 0.15) is 6.54 Å². The lowest BCUT2D eigenvalue weighted by Gasteiger charge is -2.22. The minimum atomic E-state index is -3.73. The maximum absolute atomic E-state index is 12.4. The fourth-order valence-corrected chi connectivity index (χ4v) is 3.52. The summed E-state index contributed by atoms with van der Waals surface area (Å²) in [6, 6.07) is 10.7. The van der Waals surface area contributed by atoms with Gasteiger partial charge in [-0.1, -0.05) is 0 Å². The Bertz CT molecular complexity index is 1020. The number of fused-ring (bicyclic) bond motifs is 1. The Morgan fingerprint density at radius 3 is 2.45 bits per heavy atom. The maximum atomic E-state index is 12.4. The zero-order chi connectivity index (χ0) is 21.0. The summed E-state index contributed by atoms with van der Waals surface area (Å²) in [6.45, 7) is 1.59. The lowest BCUT2D eigenvalue weighted by molar-refractivity contribution is -0.114. The van der Waals surface area contributed by atoms with Crippen LogP contribution in [-0.2, 0) is 19.6 Å². The SMILES string of the molecule is CCOC(=O)c1ccc(NC(=O)CN(c2ccc3c(c2)OCO3)S(C)(=O)=O)cc1. The van der Waals surface area contributed by atoms with Crippen LogP contribution in [0.3, 0.4) is 0 Å². The van der Waals surface area contributed by atoms with Gasteiger partial charge in [0.05, 0.1) is 24.1 Å². The Labute approximate surface area is 168 Å². The number of nitrogens with one attached hydrogen (secondary N) is 1. The third-order valence-electron chi connectivity index (χ3n) is 4.01. The third kappa shape index (κ3) is 4.96. The van der Waals surface area contributed by atoms with Crippen LogP contribution in [0, 0.1) is 0 Å². The summed E-state index contributed by atoms with van der Waals surface area (Å²) in [6.07, 6.45) is 1.01. The highest BCUT2D eigenvalue weighted by molar-refractivity contribution is 7.92. The van der Waals surface area contributed by atoms with E-state index in [2.05, 4.69) is 5.32 Å². The average molecular weight is 420 g/mol. The molecule has 2 aromatic carbocycles. The minimum Gasteiger partial charge on any atom is -0.462 e. The van der Waals surface area contributed by atoms with Crippen molar-refractivity contribution in [3.8, 4) is 11.5 Å². The molecule has 1 aliphatic rings. The molecule has 0 aliphatic carbocycles. The van der Waals surface area contributed by atoms with E-state index in [4.69, 9.17) is 14.2 Å². The molecule has 29 heavy (non-hydrogen) atoms. The van der Waals surface area contributed by atoms with Crippen LogP contribution in [0.2, 0.25) is 0 Å². The van der Waals surface area contributed by atoms with Gasteiger partial charge in [-0.15, -0.1) is 0 Å². The van der Waals surface area contributed by atoms with Gasteiger partial charge in [0.25, 0.3) is 0 Å². The number of carbonyl (C=O) groups excluding carboxylic acids is 2. The molecule has 1 aliphatic heterocycles. The summed E-state index contributed by atoms with van der Waals surface area (Å²) >= 11 is 0. The van der Waals surface area contributed by atoms with E-state index in [-0.39, 0.29) is 19.1 Å². The number of hydrogen-bond acceptors (Lipinski definition) is 7. The van der Waals surface area contributed by atoms with Crippen LogP contribution in [0.4, 0.5) is 11.4 Å². The molecule has 3 rings (SSSR count). The van der Waals surface area contributed by atoms with Crippen LogP contribution < -0.4 is 19.1 Å². The van der Waals surface area contributed by atoms with Crippen molar-refractivity contribution < 1.29 is 32.2 Å². The lowest BCUT2D eigenvalue weighted by Crippen LogP contribution is -2.37. The molecule has 2 aromatic rings. The van der Waals surface area contributed by atoms with Crippen molar-refractivity contribution in [2.24, 2.45) is 0 Å². The topological polar surface area (TPSA) is 111 Å². The van der Waals surface area contributed by atoms with Crippen molar-refractivity contribution in [3.05, 3.63) is 48.0 Å². The van der Waals surface area contributed by atoms with Crippen molar-refractivity contribution in [2.75, 3.05) is 35.8 Å². The Morgan fingerprint density at radius 2 is 1.79 bits per heavy atom. The van der Waals surface area contributed by atoms with Crippen LogP contribution in [-0.4, -0.2) is 46.5 Å². The van der Waals surface area contributed by atoms with E-state index >= 15 is 0 Å².